The first-order valence-corrected chi connectivity index (χ1v) is 2.72. The zero-order valence-electron chi connectivity index (χ0n) is 4.86. The molecular formula is C7H8O2. The minimum absolute atomic E-state index is 0.525. The van der Waals surface area contributed by atoms with Gasteiger partial charge in [-0.15, -0.1) is 0 Å². The lowest BCUT2D eigenvalue weighted by Gasteiger charge is -1.99. The minimum atomic E-state index is -1.34. The third-order valence-corrected chi connectivity index (χ3v) is 1.10. The number of hydrogen-bond donors (Lipinski definition) is 2. The van der Waals surface area contributed by atoms with Crippen molar-refractivity contribution in [1.82, 2.24) is 0 Å². The standard InChI is InChI=1S/C7H8O2/c8-7(9)6-4-2-1-3-5-6/h1-5,7-9H. The Morgan fingerprint density at radius 1 is 1.00 bits per heavy atom. The van der Waals surface area contributed by atoms with E-state index in [1.54, 1.807) is 24.3 Å². The molecule has 0 heterocycles. The zero-order chi connectivity index (χ0) is 6.69. The second kappa shape index (κ2) is 2.62. The van der Waals surface area contributed by atoms with Gasteiger partial charge < -0.3 is 10.2 Å². The van der Waals surface area contributed by atoms with E-state index in [1.807, 2.05) is 6.07 Å². The average Bonchev–Trinajstić information content (AvgIpc) is 1.90. The predicted molar refractivity (Wildman–Crippen MR) is 33.6 cm³/mol. The molecule has 0 atom stereocenters. The molecule has 1 aromatic rings. The van der Waals surface area contributed by atoms with Gasteiger partial charge in [0.15, 0.2) is 6.29 Å². The van der Waals surface area contributed by atoms with Crippen LogP contribution in [0.25, 0.3) is 0 Å². The molecule has 1 rings (SSSR count). The number of rotatable bonds is 1. The van der Waals surface area contributed by atoms with Gasteiger partial charge in [-0.3, -0.25) is 0 Å². The van der Waals surface area contributed by atoms with Crippen LogP contribution in [0.3, 0.4) is 0 Å². The Morgan fingerprint density at radius 3 is 1.89 bits per heavy atom. The van der Waals surface area contributed by atoms with Crippen molar-refractivity contribution >= 4 is 0 Å². The lowest BCUT2D eigenvalue weighted by atomic mass is 10.2. The normalized spacial score (nSPS) is 10.1. The molecule has 9 heavy (non-hydrogen) atoms. The summed E-state index contributed by atoms with van der Waals surface area (Å²) in [5.41, 5.74) is 0.525. The molecule has 0 amide bonds. The SMILES string of the molecule is OC(O)c1ccccc1. The fourth-order valence-electron chi connectivity index (χ4n) is 0.625. The summed E-state index contributed by atoms with van der Waals surface area (Å²) in [6.07, 6.45) is -1.34. The second-order valence-corrected chi connectivity index (χ2v) is 1.78. The summed E-state index contributed by atoms with van der Waals surface area (Å²) >= 11 is 0. The van der Waals surface area contributed by atoms with Crippen LogP contribution in [0.5, 0.6) is 0 Å². The third-order valence-electron chi connectivity index (χ3n) is 1.10. The average molecular weight is 124 g/mol. The molecule has 0 aliphatic carbocycles. The number of hydrogen-bond acceptors (Lipinski definition) is 2. The fraction of sp³-hybridized carbons (Fsp3) is 0.143. The molecular weight excluding hydrogens is 116 g/mol. The summed E-state index contributed by atoms with van der Waals surface area (Å²) in [7, 11) is 0. The van der Waals surface area contributed by atoms with Crippen LogP contribution < -0.4 is 0 Å². The van der Waals surface area contributed by atoms with Gasteiger partial charge in [0.2, 0.25) is 0 Å². The van der Waals surface area contributed by atoms with Gasteiger partial charge in [0.25, 0.3) is 0 Å². The Hall–Kier alpha value is -0.860. The van der Waals surface area contributed by atoms with Gasteiger partial charge in [-0.05, 0) is 0 Å². The van der Waals surface area contributed by atoms with Crippen molar-refractivity contribution in [3.05, 3.63) is 35.9 Å². The Labute approximate surface area is 53.4 Å². The minimum Gasteiger partial charge on any atom is -0.364 e. The summed E-state index contributed by atoms with van der Waals surface area (Å²) in [5.74, 6) is 0. The lowest BCUT2D eigenvalue weighted by Crippen LogP contribution is -1.92. The third kappa shape index (κ3) is 1.52. The monoisotopic (exact) mass is 124 g/mol. The van der Waals surface area contributed by atoms with Gasteiger partial charge in [0.05, 0.1) is 0 Å². The van der Waals surface area contributed by atoms with E-state index in [9.17, 15) is 0 Å². The smallest absolute Gasteiger partial charge is 0.178 e. The molecule has 0 spiro atoms. The highest BCUT2D eigenvalue weighted by Gasteiger charge is 1.97. The topological polar surface area (TPSA) is 40.5 Å². The highest BCUT2D eigenvalue weighted by molar-refractivity contribution is 5.15. The molecule has 0 aliphatic rings. The van der Waals surface area contributed by atoms with Crippen molar-refractivity contribution in [1.29, 1.82) is 0 Å². The molecule has 2 N–H and O–H groups in total. The Balaban J connectivity index is 2.85. The summed E-state index contributed by atoms with van der Waals surface area (Å²) in [5, 5.41) is 17.2. The summed E-state index contributed by atoms with van der Waals surface area (Å²) in [6, 6.07) is 8.66. The van der Waals surface area contributed by atoms with Crippen molar-refractivity contribution in [2.75, 3.05) is 0 Å². The van der Waals surface area contributed by atoms with Crippen LogP contribution in [0, 0.1) is 0 Å². The number of benzene rings is 1. The summed E-state index contributed by atoms with van der Waals surface area (Å²) < 4.78 is 0. The molecule has 0 bridgehead atoms. The van der Waals surface area contributed by atoms with Gasteiger partial charge in [0, 0.05) is 5.56 Å². The van der Waals surface area contributed by atoms with Crippen LogP contribution in [0.2, 0.25) is 0 Å². The predicted octanol–water partition coefficient (Wildman–Crippen LogP) is 0.670. The van der Waals surface area contributed by atoms with Crippen LogP contribution in [0.4, 0.5) is 0 Å². The van der Waals surface area contributed by atoms with Crippen LogP contribution >= 0.6 is 0 Å². The summed E-state index contributed by atoms with van der Waals surface area (Å²) in [4.78, 5) is 0. The van der Waals surface area contributed by atoms with E-state index < -0.39 is 6.29 Å². The molecule has 2 heteroatoms. The Kier molecular flexibility index (Phi) is 1.82. The van der Waals surface area contributed by atoms with Crippen molar-refractivity contribution in [2.45, 2.75) is 6.29 Å². The number of aliphatic hydroxyl groups excluding tert-OH is 1. The van der Waals surface area contributed by atoms with Gasteiger partial charge in [-0.1, -0.05) is 30.3 Å². The first-order valence-electron chi connectivity index (χ1n) is 2.72. The van der Waals surface area contributed by atoms with E-state index in [1.165, 1.54) is 0 Å². The van der Waals surface area contributed by atoms with Gasteiger partial charge >= 0.3 is 0 Å². The van der Waals surface area contributed by atoms with E-state index in [0.29, 0.717) is 5.56 Å². The molecule has 0 unspecified atom stereocenters. The van der Waals surface area contributed by atoms with Crippen LogP contribution in [-0.4, -0.2) is 10.2 Å². The molecule has 2 nitrogen and oxygen atoms in total. The molecule has 0 aromatic heterocycles. The molecule has 0 saturated heterocycles. The highest BCUT2D eigenvalue weighted by atomic mass is 16.5. The van der Waals surface area contributed by atoms with E-state index >= 15 is 0 Å². The maximum absolute atomic E-state index is 8.58. The number of aliphatic hydroxyl groups is 2. The van der Waals surface area contributed by atoms with E-state index in [4.69, 9.17) is 10.2 Å². The van der Waals surface area contributed by atoms with E-state index in [-0.39, 0.29) is 0 Å². The van der Waals surface area contributed by atoms with Crippen molar-refractivity contribution in [3.8, 4) is 0 Å². The first-order chi connectivity index (χ1) is 4.30. The van der Waals surface area contributed by atoms with Gasteiger partial charge in [0.1, 0.15) is 0 Å². The molecule has 0 saturated carbocycles. The maximum Gasteiger partial charge on any atom is 0.178 e. The largest absolute Gasteiger partial charge is 0.364 e. The maximum atomic E-state index is 8.58. The summed E-state index contributed by atoms with van der Waals surface area (Å²) in [6.45, 7) is 0. The van der Waals surface area contributed by atoms with E-state index in [2.05, 4.69) is 0 Å². The van der Waals surface area contributed by atoms with Crippen LogP contribution in [0.15, 0.2) is 30.3 Å². The Morgan fingerprint density at radius 2 is 1.56 bits per heavy atom. The highest BCUT2D eigenvalue weighted by Crippen LogP contribution is 2.06. The zero-order valence-corrected chi connectivity index (χ0v) is 4.86. The van der Waals surface area contributed by atoms with Crippen molar-refractivity contribution < 1.29 is 10.2 Å². The fourth-order valence-corrected chi connectivity index (χ4v) is 0.625. The lowest BCUT2D eigenvalue weighted by molar-refractivity contribution is -0.0424. The van der Waals surface area contributed by atoms with Crippen molar-refractivity contribution in [2.24, 2.45) is 0 Å². The molecule has 0 fully saturated rings. The molecule has 0 radical (unpaired) electrons. The molecule has 1 aromatic carbocycles. The second-order valence-electron chi connectivity index (χ2n) is 1.78. The van der Waals surface area contributed by atoms with Crippen LogP contribution in [0.1, 0.15) is 11.9 Å². The first kappa shape index (κ1) is 6.26. The van der Waals surface area contributed by atoms with Crippen LogP contribution in [-0.2, 0) is 0 Å². The van der Waals surface area contributed by atoms with E-state index in [0.717, 1.165) is 0 Å². The van der Waals surface area contributed by atoms with Gasteiger partial charge in [-0.2, -0.15) is 0 Å². The molecule has 48 valence electrons. The quantitative estimate of drug-likeness (QED) is 0.540. The Bertz CT molecular complexity index is 170. The van der Waals surface area contributed by atoms with Gasteiger partial charge in [-0.25, -0.2) is 0 Å². The van der Waals surface area contributed by atoms with Crippen molar-refractivity contribution in [3.63, 3.8) is 0 Å². The molecule has 0 aliphatic heterocycles.